The van der Waals surface area contributed by atoms with E-state index in [0.29, 0.717) is 16.5 Å². The summed E-state index contributed by atoms with van der Waals surface area (Å²) in [5.41, 5.74) is 22.8. The minimum atomic E-state index is -0.653. The van der Waals surface area contributed by atoms with Gasteiger partial charge in [0.05, 0.1) is 5.41 Å². The van der Waals surface area contributed by atoms with Crippen molar-refractivity contribution in [2.75, 3.05) is 9.80 Å². The van der Waals surface area contributed by atoms with Crippen molar-refractivity contribution in [1.82, 2.24) is 0 Å². The van der Waals surface area contributed by atoms with Crippen molar-refractivity contribution in [2.45, 2.75) is 24.7 Å². The molecule has 0 heterocycles. The molecule has 1 unspecified atom stereocenters. The summed E-state index contributed by atoms with van der Waals surface area (Å²) >= 11 is 0. The van der Waals surface area contributed by atoms with Crippen LogP contribution in [0.4, 0.5) is 34.1 Å². The van der Waals surface area contributed by atoms with Crippen LogP contribution >= 0.6 is 0 Å². The molecule has 322 valence electrons. The van der Waals surface area contributed by atoms with E-state index in [1.165, 1.54) is 66.8 Å². The molecule has 10 aromatic carbocycles. The minimum Gasteiger partial charge on any atom is -0.310 e. The summed E-state index contributed by atoms with van der Waals surface area (Å²) in [6, 6.07) is 77.2. The molecular formula is C64H41B5N2. The minimum absolute atomic E-state index is 0.186. The van der Waals surface area contributed by atoms with Crippen LogP contribution in [0.5, 0.6) is 0 Å². The molecule has 10 aromatic rings. The Hall–Kier alpha value is -7.88. The molecule has 0 aromatic heterocycles. The van der Waals surface area contributed by atoms with Crippen molar-refractivity contribution in [3.05, 3.63) is 246 Å². The predicted molar refractivity (Wildman–Crippen MR) is 302 cm³/mol. The van der Waals surface area contributed by atoms with Crippen LogP contribution in [0.2, 0.25) is 0 Å². The molecule has 13 rings (SSSR count). The Bertz CT molecular complexity index is 3750. The van der Waals surface area contributed by atoms with Crippen LogP contribution in [0.1, 0.15) is 47.2 Å². The average molecular weight is 892 g/mol. The van der Waals surface area contributed by atoms with Crippen LogP contribution in [0.3, 0.4) is 0 Å². The summed E-state index contributed by atoms with van der Waals surface area (Å²) in [6.45, 7) is 4.65. The predicted octanol–water partition coefficient (Wildman–Crippen LogP) is 10.9. The van der Waals surface area contributed by atoms with Crippen LogP contribution in [-0.4, -0.2) is 39.2 Å². The number of hydrogen-bond acceptors (Lipinski definition) is 2. The first-order valence-corrected chi connectivity index (χ1v) is 24.1. The molecule has 0 saturated heterocycles. The third-order valence-electron chi connectivity index (χ3n) is 15.5. The van der Waals surface area contributed by atoms with Gasteiger partial charge in [-0.2, -0.15) is 0 Å². The summed E-state index contributed by atoms with van der Waals surface area (Å²) in [7, 11) is 32.8. The SMILES string of the molecule is [B]c1c([B])c([B])c(-c2cccc(N(c3ccc4c(c3)C(C)(C)c3ccccc3-4)c3ccc4c(c3)C3(c5ccccc5-c5ccc(N(c6ccccc6)c6ccccc6)cc53)c3ccccc3-4)c2)c([B])c1[B]. The fourth-order valence-electron chi connectivity index (χ4n) is 12.2. The molecule has 0 saturated carbocycles. The molecule has 1 atom stereocenters. The zero-order chi connectivity index (χ0) is 48.3. The number of anilines is 6. The Labute approximate surface area is 423 Å². The van der Waals surface area contributed by atoms with E-state index < -0.39 is 5.41 Å². The van der Waals surface area contributed by atoms with Gasteiger partial charge in [-0.05, 0) is 151 Å². The molecule has 3 aliphatic carbocycles. The van der Waals surface area contributed by atoms with Crippen LogP contribution < -0.4 is 37.1 Å². The average Bonchev–Trinajstić information content (AvgIpc) is 3.97. The standard InChI is InChI=1S/C64H41B5N2/c1-63(2)51-25-12-9-22-45(51)48-31-28-42(35-54(48)63)71(41-21-15-16-38(34-41)57-58(65)60(67)62(69)61(68)59(57)66)44-30-33-50-47-24-11-14-27-53(47)64(56(50)37-44)52-26-13-10-23-46(52)49-32-29-43(36-55(49)64)70(39-17-5-3-6-18-39)40-19-7-4-8-20-40/h3-37H,1-2H3. The van der Waals surface area contributed by atoms with E-state index in [9.17, 15) is 0 Å². The van der Waals surface area contributed by atoms with E-state index in [2.05, 4.69) is 224 Å². The zero-order valence-electron chi connectivity index (χ0n) is 39.5. The summed E-state index contributed by atoms with van der Waals surface area (Å²) in [5, 5.41) is 0. The Morgan fingerprint density at radius 1 is 0.282 bits per heavy atom. The lowest BCUT2D eigenvalue weighted by Crippen LogP contribution is -2.55. The second-order valence-corrected chi connectivity index (χ2v) is 19.5. The Balaban J connectivity index is 1.07. The molecule has 71 heavy (non-hydrogen) atoms. The van der Waals surface area contributed by atoms with E-state index in [1.54, 1.807) is 0 Å². The topological polar surface area (TPSA) is 6.48 Å². The van der Waals surface area contributed by atoms with Crippen molar-refractivity contribution < 1.29 is 0 Å². The van der Waals surface area contributed by atoms with Crippen molar-refractivity contribution in [2.24, 2.45) is 0 Å². The Kier molecular flexibility index (Phi) is 9.78. The van der Waals surface area contributed by atoms with Gasteiger partial charge in [0.15, 0.2) is 0 Å². The van der Waals surface area contributed by atoms with Gasteiger partial charge in [0.1, 0.15) is 39.2 Å². The molecule has 0 N–H and O–H groups in total. The highest BCUT2D eigenvalue weighted by atomic mass is 15.1. The summed E-state index contributed by atoms with van der Waals surface area (Å²) in [4.78, 5) is 4.72. The first-order chi connectivity index (χ1) is 34.6. The Morgan fingerprint density at radius 2 is 0.634 bits per heavy atom. The number of benzene rings is 10. The summed E-state index contributed by atoms with van der Waals surface area (Å²) < 4.78 is 0. The van der Waals surface area contributed by atoms with E-state index in [-0.39, 0.29) is 21.8 Å². The molecule has 2 nitrogen and oxygen atoms in total. The van der Waals surface area contributed by atoms with E-state index in [4.69, 9.17) is 39.2 Å². The highest BCUT2D eigenvalue weighted by molar-refractivity contribution is 6.68. The molecule has 1 spiro atoms. The highest BCUT2D eigenvalue weighted by Crippen LogP contribution is 2.64. The van der Waals surface area contributed by atoms with Crippen molar-refractivity contribution in [1.29, 1.82) is 0 Å². The van der Waals surface area contributed by atoms with Gasteiger partial charge in [0.25, 0.3) is 0 Å². The largest absolute Gasteiger partial charge is 0.310 e. The normalized spacial score (nSPS) is 15.1. The number of nitrogens with zero attached hydrogens (tertiary/aromatic N) is 2. The maximum absolute atomic E-state index is 6.75. The molecule has 0 bridgehead atoms. The number of para-hydroxylation sites is 2. The van der Waals surface area contributed by atoms with E-state index in [1.807, 2.05) is 12.1 Å². The summed E-state index contributed by atoms with van der Waals surface area (Å²) in [5.74, 6) is 0. The van der Waals surface area contributed by atoms with Gasteiger partial charge in [-0.15, -0.1) is 16.4 Å². The second-order valence-electron chi connectivity index (χ2n) is 19.5. The lowest BCUT2D eigenvalue weighted by molar-refractivity contribution is 0.660. The summed E-state index contributed by atoms with van der Waals surface area (Å²) in [6.07, 6.45) is 0. The van der Waals surface area contributed by atoms with Crippen LogP contribution in [0.25, 0.3) is 44.5 Å². The van der Waals surface area contributed by atoms with E-state index in [0.717, 1.165) is 39.7 Å². The van der Waals surface area contributed by atoms with Gasteiger partial charge in [-0.3, -0.25) is 0 Å². The van der Waals surface area contributed by atoms with Crippen molar-refractivity contribution in [3.8, 4) is 44.5 Å². The molecule has 0 amide bonds. The van der Waals surface area contributed by atoms with Crippen LogP contribution in [-0.2, 0) is 10.8 Å². The lowest BCUT2D eigenvalue weighted by atomic mass is 9.59. The van der Waals surface area contributed by atoms with Gasteiger partial charge in [0.2, 0.25) is 0 Å². The molecule has 3 aliphatic rings. The van der Waals surface area contributed by atoms with Crippen LogP contribution in [0, 0.1) is 0 Å². The number of fused-ring (bicyclic) bond motifs is 13. The highest BCUT2D eigenvalue weighted by Gasteiger charge is 2.52. The third-order valence-corrected chi connectivity index (χ3v) is 15.5. The number of hydrogen-bond donors (Lipinski definition) is 0. The van der Waals surface area contributed by atoms with Gasteiger partial charge in [-0.1, -0.05) is 164 Å². The van der Waals surface area contributed by atoms with Gasteiger partial charge >= 0.3 is 0 Å². The molecule has 7 heteroatoms. The first-order valence-electron chi connectivity index (χ1n) is 24.1. The van der Waals surface area contributed by atoms with Gasteiger partial charge < -0.3 is 9.80 Å². The Morgan fingerprint density at radius 3 is 1.14 bits per heavy atom. The zero-order valence-corrected chi connectivity index (χ0v) is 39.5. The molecule has 0 aliphatic heterocycles. The van der Waals surface area contributed by atoms with E-state index >= 15 is 0 Å². The van der Waals surface area contributed by atoms with Crippen molar-refractivity contribution in [3.63, 3.8) is 0 Å². The third kappa shape index (κ3) is 6.21. The maximum Gasteiger partial charge on any atom is 0.113 e. The fraction of sp³-hybridized carbons (Fsp3) is 0.0625. The smallest absolute Gasteiger partial charge is 0.113 e. The number of rotatable bonds is 7. The first kappa shape index (κ1) is 43.2. The van der Waals surface area contributed by atoms with Crippen molar-refractivity contribution >= 4 is 101 Å². The molecule has 0 fully saturated rings. The molecular weight excluding hydrogens is 851 g/mol. The quantitative estimate of drug-likeness (QED) is 0.147. The van der Waals surface area contributed by atoms with Crippen LogP contribution in [0.15, 0.2) is 212 Å². The molecule has 10 radical (unpaired) electrons. The second kappa shape index (κ2) is 16.1. The van der Waals surface area contributed by atoms with Gasteiger partial charge in [0, 0.05) is 39.5 Å². The lowest BCUT2D eigenvalue weighted by Gasteiger charge is -2.33. The monoisotopic (exact) mass is 892 g/mol. The van der Waals surface area contributed by atoms with Gasteiger partial charge in [-0.25, -0.2) is 0 Å². The fourth-order valence-corrected chi connectivity index (χ4v) is 12.2. The maximum atomic E-state index is 6.75.